The van der Waals surface area contributed by atoms with E-state index < -0.39 is 0 Å². The normalized spacial score (nSPS) is 10.8. The molecule has 2 aromatic rings. The van der Waals surface area contributed by atoms with Crippen LogP contribution in [0, 0.1) is 13.8 Å². The molecule has 2 rings (SSSR count). The molecule has 0 aliphatic carbocycles. The Hall–Kier alpha value is -2.07. The summed E-state index contributed by atoms with van der Waals surface area (Å²) in [6.07, 6.45) is 1.68. The van der Waals surface area contributed by atoms with Crippen molar-refractivity contribution < 1.29 is 18.7 Å². The highest BCUT2D eigenvalue weighted by atomic mass is 16.5. The minimum absolute atomic E-state index is 0.347. The van der Waals surface area contributed by atoms with Gasteiger partial charge in [-0.25, -0.2) is 4.79 Å². The van der Waals surface area contributed by atoms with Crippen molar-refractivity contribution in [2.45, 2.75) is 20.5 Å². The number of esters is 1. The van der Waals surface area contributed by atoms with E-state index in [0.717, 1.165) is 16.5 Å². The van der Waals surface area contributed by atoms with Crippen LogP contribution in [0.25, 0.3) is 11.0 Å². The van der Waals surface area contributed by atoms with Gasteiger partial charge in [0.2, 0.25) is 0 Å². The van der Waals surface area contributed by atoms with Crippen molar-refractivity contribution in [3.05, 3.63) is 47.2 Å². The summed E-state index contributed by atoms with van der Waals surface area (Å²) in [5.74, 6) is 0.318. The molecule has 0 bridgehead atoms. The van der Waals surface area contributed by atoms with E-state index in [0.29, 0.717) is 30.1 Å². The predicted molar refractivity (Wildman–Crippen MR) is 76.9 cm³/mol. The number of hydrogen-bond donors (Lipinski definition) is 0. The summed E-state index contributed by atoms with van der Waals surface area (Å²) >= 11 is 0. The van der Waals surface area contributed by atoms with Crippen LogP contribution in [-0.4, -0.2) is 19.7 Å². The molecule has 0 fully saturated rings. The van der Waals surface area contributed by atoms with Crippen LogP contribution < -0.4 is 0 Å². The molecule has 0 aliphatic heterocycles. The Labute approximate surface area is 118 Å². The lowest BCUT2D eigenvalue weighted by Crippen LogP contribution is -2.02. The second-order valence-corrected chi connectivity index (χ2v) is 4.62. The highest BCUT2D eigenvalue weighted by Gasteiger charge is 2.17. The summed E-state index contributed by atoms with van der Waals surface area (Å²) in [4.78, 5) is 11.9. The van der Waals surface area contributed by atoms with Crippen LogP contribution >= 0.6 is 0 Å². The van der Waals surface area contributed by atoms with Crippen LogP contribution in [0.3, 0.4) is 0 Å². The monoisotopic (exact) mass is 274 g/mol. The van der Waals surface area contributed by atoms with Crippen molar-refractivity contribution in [1.82, 2.24) is 0 Å². The van der Waals surface area contributed by atoms with Gasteiger partial charge in [0.1, 0.15) is 18.0 Å². The van der Waals surface area contributed by atoms with Crippen molar-refractivity contribution >= 4 is 16.9 Å². The van der Waals surface area contributed by atoms with Gasteiger partial charge >= 0.3 is 5.97 Å². The van der Waals surface area contributed by atoms with E-state index in [1.54, 1.807) is 6.08 Å². The zero-order valence-corrected chi connectivity index (χ0v) is 12.0. The maximum Gasteiger partial charge on any atom is 0.338 e. The molecule has 0 aliphatic rings. The summed E-state index contributed by atoms with van der Waals surface area (Å²) in [7, 11) is 1.37. The first-order valence-corrected chi connectivity index (χ1v) is 6.38. The Morgan fingerprint density at radius 2 is 2.15 bits per heavy atom. The van der Waals surface area contributed by atoms with E-state index in [2.05, 4.69) is 6.58 Å². The van der Waals surface area contributed by atoms with Crippen molar-refractivity contribution in [3.8, 4) is 0 Å². The topological polar surface area (TPSA) is 48.7 Å². The Balaban J connectivity index is 2.50. The number of hydrogen-bond acceptors (Lipinski definition) is 4. The molecule has 0 amide bonds. The molecule has 0 atom stereocenters. The fourth-order valence-electron chi connectivity index (χ4n) is 2.10. The molecule has 20 heavy (non-hydrogen) atoms. The van der Waals surface area contributed by atoms with E-state index in [4.69, 9.17) is 13.9 Å². The third-order valence-corrected chi connectivity index (χ3v) is 3.25. The maximum absolute atomic E-state index is 11.9. The van der Waals surface area contributed by atoms with Gasteiger partial charge in [-0.15, -0.1) is 6.58 Å². The van der Waals surface area contributed by atoms with Crippen molar-refractivity contribution in [2.75, 3.05) is 13.7 Å². The predicted octanol–water partition coefficient (Wildman–Crippen LogP) is 3.54. The van der Waals surface area contributed by atoms with Gasteiger partial charge in [0, 0.05) is 5.39 Å². The van der Waals surface area contributed by atoms with Crippen molar-refractivity contribution in [3.63, 3.8) is 0 Å². The highest BCUT2D eigenvalue weighted by Crippen LogP contribution is 2.29. The van der Waals surface area contributed by atoms with Gasteiger partial charge in [0.25, 0.3) is 0 Å². The minimum Gasteiger partial charge on any atom is -0.465 e. The van der Waals surface area contributed by atoms with Gasteiger partial charge in [-0.3, -0.25) is 0 Å². The zero-order valence-electron chi connectivity index (χ0n) is 12.0. The smallest absolute Gasteiger partial charge is 0.338 e. The second kappa shape index (κ2) is 5.92. The van der Waals surface area contributed by atoms with Gasteiger partial charge in [-0.05, 0) is 37.1 Å². The molecule has 0 N–H and O–H groups in total. The lowest BCUT2D eigenvalue weighted by Gasteiger charge is -2.05. The standard InChI is InChI=1S/C16H18O4/c1-5-6-19-9-12-8-13-14(16(17)18-4)7-10(2)11(3)15(13)20-12/h5,7-8H,1,6,9H2,2-4H3. The van der Waals surface area contributed by atoms with Crippen LogP contribution in [0.1, 0.15) is 27.2 Å². The number of furan rings is 1. The lowest BCUT2D eigenvalue weighted by atomic mass is 10.0. The number of carbonyl (C=O) groups excluding carboxylic acids is 1. The molecule has 0 saturated heterocycles. The van der Waals surface area contributed by atoms with Crippen molar-refractivity contribution in [1.29, 1.82) is 0 Å². The van der Waals surface area contributed by atoms with E-state index in [1.165, 1.54) is 7.11 Å². The summed E-state index contributed by atoms with van der Waals surface area (Å²) in [5.41, 5.74) is 3.24. The third kappa shape index (κ3) is 2.60. The Bertz CT molecular complexity index is 652. The molecule has 1 aromatic carbocycles. The number of benzene rings is 1. The van der Waals surface area contributed by atoms with Crippen LogP contribution in [0.2, 0.25) is 0 Å². The average Bonchev–Trinajstić information content (AvgIpc) is 2.86. The zero-order chi connectivity index (χ0) is 14.7. The van der Waals surface area contributed by atoms with Crippen LogP contribution in [0.4, 0.5) is 0 Å². The summed E-state index contributed by atoms with van der Waals surface area (Å²) in [5, 5.41) is 0.761. The minimum atomic E-state index is -0.363. The Morgan fingerprint density at radius 3 is 2.80 bits per heavy atom. The first kappa shape index (κ1) is 14.3. The number of methoxy groups -OCH3 is 1. The summed E-state index contributed by atoms with van der Waals surface area (Å²) < 4.78 is 16.0. The quantitative estimate of drug-likeness (QED) is 0.475. The highest BCUT2D eigenvalue weighted by molar-refractivity contribution is 6.04. The number of aryl methyl sites for hydroxylation is 2. The molecule has 4 nitrogen and oxygen atoms in total. The summed E-state index contributed by atoms with van der Waals surface area (Å²) in [6.45, 7) is 8.31. The first-order valence-electron chi connectivity index (χ1n) is 6.38. The van der Waals surface area contributed by atoms with Crippen LogP contribution in [0.5, 0.6) is 0 Å². The Kier molecular flexibility index (Phi) is 4.25. The molecule has 0 spiro atoms. The SMILES string of the molecule is C=CCOCc1cc2c(C(=O)OC)cc(C)c(C)c2o1. The van der Waals surface area contributed by atoms with Gasteiger partial charge in [-0.2, -0.15) is 0 Å². The molecule has 0 saturated carbocycles. The molecule has 1 heterocycles. The van der Waals surface area contributed by atoms with E-state index in [-0.39, 0.29) is 5.97 Å². The largest absolute Gasteiger partial charge is 0.465 e. The fraction of sp³-hybridized carbons (Fsp3) is 0.312. The molecule has 1 aromatic heterocycles. The number of rotatable bonds is 5. The molecule has 0 radical (unpaired) electrons. The third-order valence-electron chi connectivity index (χ3n) is 3.25. The molecule has 4 heteroatoms. The van der Waals surface area contributed by atoms with Gasteiger partial charge < -0.3 is 13.9 Å². The number of ether oxygens (including phenoxy) is 2. The second-order valence-electron chi connectivity index (χ2n) is 4.62. The van der Waals surface area contributed by atoms with E-state index >= 15 is 0 Å². The molecular formula is C16H18O4. The number of fused-ring (bicyclic) bond motifs is 1. The Morgan fingerprint density at radius 1 is 1.40 bits per heavy atom. The van der Waals surface area contributed by atoms with Gasteiger partial charge in [0.15, 0.2) is 0 Å². The first-order chi connectivity index (χ1) is 9.58. The van der Waals surface area contributed by atoms with E-state index in [9.17, 15) is 4.79 Å². The molecular weight excluding hydrogens is 256 g/mol. The summed E-state index contributed by atoms with van der Waals surface area (Å²) in [6, 6.07) is 3.66. The molecule has 0 unspecified atom stereocenters. The van der Waals surface area contributed by atoms with Crippen LogP contribution in [0.15, 0.2) is 29.2 Å². The van der Waals surface area contributed by atoms with Gasteiger partial charge in [-0.1, -0.05) is 6.08 Å². The molecule has 106 valence electrons. The maximum atomic E-state index is 11.9. The average molecular weight is 274 g/mol. The van der Waals surface area contributed by atoms with Gasteiger partial charge in [0.05, 0.1) is 19.3 Å². The fourth-order valence-corrected chi connectivity index (χ4v) is 2.10. The lowest BCUT2D eigenvalue weighted by molar-refractivity contribution is 0.0603. The number of carbonyl (C=O) groups is 1. The van der Waals surface area contributed by atoms with Crippen molar-refractivity contribution in [2.24, 2.45) is 0 Å². The van der Waals surface area contributed by atoms with Crippen LogP contribution in [-0.2, 0) is 16.1 Å². The van der Waals surface area contributed by atoms with E-state index in [1.807, 2.05) is 26.0 Å².